The predicted octanol–water partition coefficient (Wildman–Crippen LogP) is 7.21. The van der Waals surface area contributed by atoms with Crippen molar-refractivity contribution >= 4 is 28.5 Å². The Balaban J connectivity index is 1.29. The first kappa shape index (κ1) is 26.7. The molecule has 1 heteroatoms. The summed E-state index contributed by atoms with van der Waals surface area (Å²) in [6, 6.07) is 18.1. The molecule has 0 saturated heterocycles. The number of hydrogen-bond acceptors (Lipinski definition) is 1. The minimum Gasteiger partial charge on any atom is -0.309 e. The summed E-state index contributed by atoms with van der Waals surface area (Å²) in [4.78, 5) is 0. The quantitative estimate of drug-likeness (QED) is 0.293. The van der Waals surface area contributed by atoms with Gasteiger partial charge in [-0.25, -0.2) is 0 Å². The lowest BCUT2D eigenvalue weighted by atomic mass is 9.77. The van der Waals surface area contributed by atoms with Gasteiger partial charge in [0.2, 0.25) is 0 Å². The molecule has 0 aliphatic heterocycles. The van der Waals surface area contributed by atoms with Gasteiger partial charge in [-0.2, -0.15) is 0 Å². The second kappa shape index (κ2) is 11.9. The van der Waals surface area contributed by atoms with Crippen molar-refractivity contribution < 1.29 is 0 Å². The molecule has 0 bridgehead atoms. The second-order valence-corrected chi connectivity index (χ2v) is 12.0. The van der Waals surface area contributed by atoms with Crippen LogP contribution in [-0.4, -0.2) is 6.21 Å². The van der Waals surface area contributed by atoms with Gasteiger partial charge in [0, 0.05) is 12.1 Å². The highest BCUT2D eigenvalue weighted by molar-refractivity contribution is 5.92. The monoisotopic (exact) mass is 545 g/mol. The van der Waals surface area contributed by atoms with E-state index in [0.29, 0.717) is 5.92 Å². The fourth-order valence-corrected chi connectivity index (χ4v) is 7.63. The van der Waals surface area contributed by atoms with E-state index in [1.807, 2.05) is 6.08 Å². The van der Waals surface area contributed by atoms with E-state index in [4.69, 9.17) is 5.41 Å². The first-order valence-electron chi connectivity index (χ1n) is 15.7. The third kappa shape index (κ3) is 5.13. The smallest absolute Gasteiger partial charge is 0.0177 e. The number of benzene rings is 2. The Morgan fingerprint density at radius 2 is 1.36 bits per heavy atom. The van der Waals surface area contributed by atoms with Crippen LogP contribution in [0.5, 0.6) is 0 Å². The Morgan fingerprint density at radius 1 is 0.643 bits per heavy atom. The summed E-state index contributed by atoms with van der Waals surface area (Å²) in [6.07, 6.45) is 34.1. The fraction of sp³-hybridized carbons (Fsp3) is 0.244. The third-order valence-electron chi connectivity index (χ3n) is 9.71. The largest absolute Gasteiger partial charge is 0.309 e. The molecule has 208 valence electrons. The van der Waals surface area contributed by atoms with Crippen LogP contribution >= 0.6 is 0 Å². The lowest BCUT2D eigenvalue weighted by Crippen LogP contribution is -2.37. The van der Waals surface area contributed by atoms with Crippen LogP contribution in [0.1, 0.15) is 57.8 Å². The number of nitrogens with one attached hydrogen (secondary N) is 1. The first-order valence-corrected chi connectivity index (χ1v) is 15.7. The normalized spacial score (nSPS) is 21.9. The molecule has 42 heavy (non-hydrogen) atoms. The van der Waals surface area contributed by atoms with E-state index in [1.54, 1.807) is 33.9 Å². The van der Waals surface area contributed by atoms with Gasteiger partial charge in [0.25, 0.3) is 0 Å². The van der Waals surface area contributed by atoms with E-state index in [2.05, 4.69) is 97.1 Å². The molecule has 0 aromatic heterocycles. The molecule has 5 aliphatic rings. The zero-order valence-corrected chi connectivity index (χ0v) is 24.4. The van der Waals surface area contributed by atoms with Crippen molar-refractivity contribution in [3.05, 3.63) is 152 Å². The Morgan fingerprint density at radius 3 is 2.12 bits per heavy atom. The van der Waals surface area contributed by atoms with Gasteiger partial charge in [0.15, 0.2) is 0 Å². The Bertz CT molecular complexity index is 1910. The molecule has 0 heterocycles. The number of fused-ring (bicyclic) bond motifs is 3. The van der Waals surface area contributed by atoms with Gasteiger partial charge in [0.1, 0.15) is 0 Å². The van der Waals surface area contributed by atoms with Gasteiger partial charge in [0.05, 0.1) is 0 Å². The van der Waals surface area contributed by atoms with Crippen LogP contribution in [0.15, 0.2) is 132 Å². The van der Waals surface area contributed by atoms with Gasteiger partial charge < -0.3 is 5.41 Å². The number of hydrogen-bond donors (Lipinski definition) is 1. The van der Waals surface area contributed by atoms with Gasteiger partial charge in [-0.15, -0.1) is 0 Å². The fourth-order valence-electron chi connectivity index (χ4n) is 7.63. The summed E-state index contributed by atoms with van der Waals surface area (Å²) in [6.45, 7) is 0. The van der Waals surface area contributed by atoms with Gasteiger partial charge in [-0.3, -0.25) is 0 Å². The van der Waals surface area contributed by atoms with Crippen molar-refractivity contribution in [2.45, 2.75) is 57.8 Å². The molecule has 0 saturated carbocycles. The number of allylic oxidation sites excluding steroid dienone is 14. The summed E-state index contributed by atoms with van der Waals surface area (Å²) in [5.74, 6) is 0.572. The maximum atomic E-state index is 7.23. The molecule has 2 aromatic carbocycles. The zero-order valence-electron chi connectivity index (χ0n) is 24.4. The second-order valence-electron chi connectivity index (χ2n) is 12.0. The van der Waals surface area contributed by atoms with Crippen molar-refractivity contribution in [2.24, 2.45) is 5.92 Å². The summed E-state index contributed by atoms with van der Waals surface area (Å²) >= 11 is 0. The summed E-state index contributed by atoms with van der Waals surface area (Å²) in [5, 5.41) is 12.9. The van der Waals surface area contributed by atoms with Crippen molar-refractivity contribution in [3.63, 3.8) is 0 Å². The predicted molar refractivity (Wildman–Crippen MR) is 179 cm³/mol. The van der Waals surface area contributed by atoms with Gasteiger partial charge in [-0.1, -0.05) is 109 Å². The van der Waals surface area contributed by atoms with Crippen LogP contribution < -0.4 is 20.9 Å². The highest BCUT2D eigenvalue weighted by Crippen LogP contribution is 2.38. The molecule has 1 nitrogen and oxygen atoms in total. The lowest BCUT2D eigenvalue weighted by Gasteiger charge is -2.28. The third-order valence-corrected chi connectivity index (χ3v) is 9.71. The molecule has 7 rings (SSSR count). The van der Waals surface area contributed by atoms with Crippen LogP contribution in [0.2, 0.25) is 0 Å². The van der Waals surface area contributed by atoms with Gasteiger partial charge in [-0.05, 0) is 124 Å². The van der Waals surface area contributed by atoms with Crippen LogP contribution in [0, 0.1) is 11.3 Å². The van der Waals surface area contributed by atoms with Crippen LogP contribution in [0.3, 0.4) is 0 Å². The topological polar surface area (TPSA) is 23.9 Å². The maximum absolute atomic E-state index is 7.23. The Hall–Kier alpha value is -4.23. The lowest BCUT2D eigenvalue weighted by molar-refractivity contribution is 0.689. The molecule has 1 atom stereocenters. The van der Waals surface area contributed by atoms with Crippen LogP contribution in [0.25, 0.3) is 22.3 Å². The highest BCUT2D eigenvalue weighted by atomic mass is 14.3. The minimum absolute atomic E-state index is 0.572. The molecule has 0 spiro atoms. The van der Waals surface area contributed by atoms with Crippen molar-refractivity contribution in [1.29, 1.82) is 5.41 Å². The SMILES string of the molecule is N=C/C=C\C=C\C1=c2ccccc2=C(C2=c3ccccc3=C(C3=CC=C(C4C=C5CCC=CC5=CC4)CC3)CC2)CC1. The molecule has 0 radical (unpaired) electrons. The van der Waals surface area contributed by atoms with E-state index in [-0.39, 0.29) is 0 Å². The van der Waals surface area contributed by atoms with E-state index in [0.717, 1.165) is 38.5 Å². The zero-order chi connectivity index (χ0) is 28.3. The molecular formula is C41H39N. The van der Waals surface area contributed by atoms with E-state index in [9.17, 15) is 0 Å². The van der Waals surface area contributed by atoms with Crippen molar-refractivity contribution in [2.75, 3.05) is 0 Å². The molecular weight excluding hydrogens is 506 g/mol. The standard InChI is InChI=1S/C41H39N/c42-27-9-1-2-11-31-23-24-40(37-14-6-5-13-35(31)37)41-26-25-36(38-15-7-8-16-39(38)41)32-20-17-30(18-21-32)34-22-19-29-10-3-4-12-33(29)28-34/h1-3,5-11,13-17,19-20,27-28,34,42H,4,12,18,21-26H2/b9-1-,11-2+,42-27?. The van der Waals surface area contributed by atoms with Crippen LogP contribution in [0.4, 0.5) is 0 Å². The van der Waals surface area contributed by atoms with Crippen molar-refractivity contribution in [3.8, 4) is 0 Å². The van der Waals surface area contributed by atoms with E-state index < -0.39 is 0 Å². The maximum Gasteiger partial charge on any atom is 0.0177 e. The average Bonchev–Trinajstić information content (AvgIpc) is 3.06. The average molecular weight is 546 g/mol. The molecule has 2 aromatic rings. The number of rotatable bonds is 6. The highest BCUT2D eigenvalue weighted by Gasteiger charge is 2.23. The summed E-state index contributed by atoms with van der Waals surface area (Å²) in [7, 11) is 0. The Kier molecular flexibility index (Phi) is 7.58. The summed E-state index contributed by atoms with van der Waals surface area (Å²) in [5.41, 5.74) is 12.2. The molecule has 1 unspecified atom stereocenters. The molecule has 0 fully saturated rings. The first-order chi connectivity index (χ1) is 20.8. The minimum atomic E-state index is 0.572. The van der Waals surface area contributed by atoms with E-state index in [1.165, 1.54) is 63.1 Å². The molecule has 1 N–H and O–H groups in total. The van der Waals surface area contributed by atoms with E-state index >= 15 is 0 Å². The summed E-state index contributed by atoms with van der Waals surface area (Å²) < 4.78 is 0. The molecule has 5 aliphatic carbocycles. The van der Waals surface area contributed by atoms with Crippen LogP contribution in [-0.2, 0) is 0 Å². The van der Waals surface area contributed by atoms with Gasteiger partial charge >= 0.3 is 0 Å². The molecule has 0 amide bonds. The Labute approximate surface area is 249 Å². The van der Waals surface area contributed by atoms with Crippen molar-refractivity contribution in [1.82, 2.24) is 0 Å².